The van der Waals surface area contributed by atoms with Crippen molar-refractivity contribution in [2.45, 2.75) is 0 Å². The van der Waals surface area contributed by atoms with Gasteiger partial charge in [-0.05, 0) is 24.3 Å². The highest BCUT2D eigenvalue weighted by atomic mass is 16.5. The van der Waals surface area contributed by atoms with E-state index >= 15 is 0 Å². The number of rotatable bonds is 3. The number of anilines is 1. The van der Waals surface area contributed by atoms with Crippen molar-refractivity contribution in [2.24, 2.45) is 0 Å². The van der Waals surface area contributed by atoms with Crippen molar-refractivity contribution < 1.29 is 4.74 Å². The molecule has 21 heavy (non-hydrogen) atoms. The molecule has 0 aliphatic rings. The predicted molar refractivity (Wildman–Crippen MR) is 72.6 cm³/mol. The Morgan fingerprint density at radius 3 is 2.86 bits per heavy atom. The van der Waals surface area contributed by atoms with E-state index in [-0.39, 0.29) is 17.9 Å². The fourth-order valence-corrected chi connectivity index (χ4v) is 1.63. The van der Waals surface area contributed by atoms with Crippen LogP contribution in [0, 0.1) is 11.3 Å². The van der Waals surface area contributed by atoms with E-state index in [4.69, 9.17) is 15.7 Å². The van der Waals surface area contributed by atoms with Crippen molar-refractivity contribution in [1.82, 2.24) is 24.7 Å². The van der Waals surface area contributed by atoms with Crippen molar-refractivity contribution in [1.29, 1.82) is 5.26 Å². The smallest absolute Gasteiger partial charge is 0.328 e. The number of nitrogens with zero attached hydrogens (tertiary/aromatic N) is 6. The van der Waals surface area contributed by atoms with Crippen LogP contribution < -0.4 is 10.5 Å². The highest BCUT2D eigenvalue weighted by Crippen LogP contribution is 2.19. The molecule has 0 spiro atoms. The van der Waals surface area contributed by atoms with Crippen LogP contribution in [0.15, 0.2) is 42.7 Å². The average Bonchev–Trinajstić information content (AvgIpc) is 3.01. The molecule has 102 valence electrons. The number of nitriles is 1. The Hall–Kier alpha value is -3.47. The lowest BCUT2D eigenvalue weighted by Crippen LogP contribution is -2.07. The van der Waals surface area contributed by atoms with Crippen LogP contribution in [0.5, 0.6) is 11.8 Å². The van der Waals surface area contributed by atoms with Crippen molar-refractivity contribution in [3.63, 3.8) is 0 Å². The van der Waals surface area contributed by atoms with E-state index in [1.54, 1.807) is 42.7 Å². The van der Waals surface area contributed by atoms with E-state index in [2.05, 4.69) is 20.1 Å². The van der Waals surface area contributed by atoms with E-state index in [9.17, 15) is 0 Å². The lowest BCUT2D eigenvalue weighted by molar-refractivity contribution is 0.438. The van der Waals surface area contributed by atoms with Crippen molar-refractivity contribution in [3.8, 4) is 23.8 Å². The maximum atomic E-state index is 8.86. The lowest BCUT2D eigenvalue weighted by atomic mass is 10.2. The zero-order valence-corrected chi connectivity index (χ0v) is 10.7. The van der Waals surface area contributed by atoms with E-state index in [1.807, 2.05) is 6.07 Å². The standard InChI is InChI=1S/C13H9N7O/c14-8-9-3-1-4-10(7-9)21-13-18-11(15)17-12(19-13)20-6-2-5-16-20/h1-7H,(H2,15,17,18,19). The summed E-state index contributed by atoms with van der Waals surface area (Å²) in [6, 6.07) is 10.4. The first kappa shape index (κ1) is 12.6. The molecule has 0 atom stereocenters. The quantitative estimate of drug-likeness (QED) is 0.768. The summed E-state index contributed by atoms with van der Waals surface area (Å²) < 4.78 is 6.95. The van der Waals surface area contributed by atoms with E-state index in [0.29, 0.717) is 11.3 Å². The molecule has 1 aromatic carbocycles. The second-order valence-electron chi connectivity index (χ2n) is 3.97. The van der Waals surface area contributed by atoms with E-state index < -0.39 is 0 Å². The van der Waals surface area contributed by atoms with Crippen LogP contribution >= 0.6 is 0 Å². The molecule has 2 N–H and O–H groups in total. The molecule has 2 aromatic heterocycles. The Kier molecular flexibility index (Phi) is 3.15. The first-order valence-corrected chi connectivity index (χ1v) is 5.94. The van der Waals surface area contributed by atoms with Gasteiger partial charge in [0.1, 0.15) is 5.75 Å². The topological polar surface area (TPSA) is 116 Å². The molecular formula is C13H9N7O. The maximum Gasteiger partial charge on any atom is 0.328 e. The third kappa shape index (κ3) is 2.76. The molecule has 0 radical (unpaired) electrons. The van der Waals surface area contributed by atoms with Gasteiger partial charge in [0.2, 0.25) is 5.95 Å². The molecule has 0 bridgehead atoms. The van der Waals surface area contributed by atoms with Gasteiger partial charge >= 0.3 is 6.01 Å². The largest absolute Gasteiger partial charge is 0.424 e. The summed E-state index contributed by atoms with van der Waals surface area (Å²) in [5.41, 5.74) is 6.11. The monoisotopic (exact) mass is 279 g/mol. The maximum absolute atomic E-state index is 8.86. The minimum absolute atomic E-state index is 0.0157. The van der Waals surface area contributed by atoms with Gasteiger partial charge in [-0.2, -0.15) is 25.3 Å². The summed E-state index contributed by atoms with van der Waals surface area (Å²) in [7, 11) is 0. The molecule has 2 heterocycles. The van der Waals surface area contributed by atoms with Crippen LogP contribution in [-0.2, 0) is 0 Å². The molecule has 0 saturated carbocycles. The number of ether oxygens (including phenoxy) is 1. The van der Waals surface area contributed by atoms with Crippen molar-refractivity contribution in [2.75, 3.05) is 5.73 Å². The van der Waals surface area contributed by atoms with Gasteiger partial charge in [0.25, 0.3) is 5.95 Å². The van der Waals surface area contributed by atoms with Crippen LogP contribution in [0.2, 0.25) is 0 Å². The Balaban J connectivity index is 1.94. The zero-order chi connectivity index (χ0) is 14.7. The van der Waals surface area contributed by atoms with Gasteiger partial charge in [-0.15, -0.1) is 0 Å². The van der Waals surface area contributed by atoms with Crippen LogP contribution in [0.3, 0.4) is 0 Å². The minimum atomic E-state index is 0.0157. The van der Waals surface area contributed by atoms with Gasteiger partial charge in [0, 0.05) is 12.4 Å². The Labute approximate surface area is 119 Å². The summed E-state index contributed by atoms with van der Waals surface area (Å²) in [4.78, 5) is 12.0. The molecule has 0 amide bonds. The molecule has 0 aliphatic carbocycles. The molecule has 0 aliphatic heterocycles. The molecule has 0 unspecified atom stereocenters. The second-order valence-corrected chi connectivity index (χ2v) is 3.97. The molecular weight excluding hydrogens is 270 g/mol. The third-order valence-electron chi connectivity index (χ3n) is 2.50. The minimum Gasteiger partial charge on any atom is -0.424 e. The van der Waals surface area contributed by atoms with Gasteiger partial charge in [-0.25, -0.2) is 4.68 Å². The summed E-state index contributed by atoms with van der Waals surface area (Å²) in [6.07, 6.45) is 3.27. The highest BCUT2D eigenvalue weighted by Gasteiger charge is 2.09. The summed E-state index contributed by atoms with van der Waals surface area (Å²) in [5.74, 6) is 0.701. The Morgan fingerprint density at radius 1 is 1.19 bits per heavy atom. The number of aromatic nitrogens is 5. The van der Waals surface area contributed by atoms with Gasteiger partial charge in [-0.1, -0.05) is 6.07 Å². The number of nitrogen functional groups attached to an aromatic ring is 1. The molecule has 8 nitrogen and oxygen atoms in total. The zero-order valence-electron chi connectivity index (χ0n) is 10.7. The Bertz CT molecular complexity index is 808. The summed E-state index contributed by atoms with van der Waals surface area (Å²) in [5, 5.41) is 12.9. The van der Waals surface area contributed by atoms with Crippen LogP contribution in [0.4, 0.5) is 5.95 Å². The van der Waals surface area contributed by atoms with E-state index in [1.165, 1.54) is 4.68 Å². The average molecular weight is 279 g/mol. The van der Waals surface area contributed by atoms with Gasteiger partial charge < -0.3 is 10.5 Å². The number of nitrogens with two attached hydrogens (primary N) is 1. The predicted octanol–water partition coefficient (Wildman–Crippen LogP) is 1.30. The van der Waals surface area contributed by atoms with Crippen LogP contribution in [-0.4, -0.2) is 24.7 Å². The number of hydrogen-bond donors (Lipinski definition) is 1. The number of hydrogen-bond acceptors (Lipinski definition) is 7. The van der Waals surface area contributed by atoms with E-state index in [0.717, 1.165) is 0 Å². The normalized spacial score (nSPS) is 10.0. The van der Waals surface area contributed by atoms with Crippen LogP contribution in [0.1, 0.15) is 5.56 Å². The first-order valence-electron chi connectivity index (χ1n) is 5.94. The fraction of sp³-hybridized carbons (Fsp3) is 0. The summed E-state index contributed by atoms with van der Waals surface area (Å²) in [6.45, 7) is 0. The number of benzene rings is 1. The molecule has 8 heteroatoms. The Morgan fingerprint density at radius 2 is 2.10 bits per heavy atom. The third-order valence-corrected chi connectivity index (χ3v) is 2.50. The van der Waals surface area contributed by atoms with Gasteiger partial charge in [0.05, 0.1) is 11.6 Å². The SMILES string of the molecule is N#Cc1cccc(Oc2nc(N)nc(-n3cccn3)n2)c1. The lowest BCUT2D eigenvalue weighted by Gasteiger charge is -2.06. The molecule has 0 saturated heterocycles. The van der Waals surface area contributed by atoms with Crippen molar-refractivity contribution in [3.05, 3.63) is 48.3 Å². The first-order chi connectivity index (χ1) is 10.2. The molecule has 3 aromatic rings. The van der Waals surface area contributed by atoms with Crippen LogP contribution in [0.25, 0.3) is 5.95 Å². The fourth-order valence-electron chi connectivity index (χ4n) is 1.63. The van der Waals surface area contributed by atoms with Crippen molar-refractivity contribution >= 4 is 5.95 Å². The molecule has 0 fully saturated rings. The summed E-state index contributed by atoms with van der Waals surface area (Å²) >= 11 is 0. The highest BCUT2D eigenvalue weighted by molar-refractivity contribution is 5.37. The van der Waals surface area contributed by atoms with Gasteiger partial charge in [0.15, 0.2) is 0 Å². The molecule has 3 rings (SSSR count). The van der Waals surface area contributed by atoms with Gasteiger partial charge in [-0.3, -0.25) is 0 Å². The second kappa shape index (κ2) is 5.26.